The minimum absolute atomic E-state index is 0.340. The van der Waals surface area contributed by atoms with E-state index >= 15 is 0 Å². The van der Waals surface area contributed by atoms with E-state index in [-0.39, 0.29) is 0 Å². The van der Waals surface area contributed by atoms with E-state index in [4.69, 9.17) is 0 Å². The van der Waals surface area contributed by atoms with Crippen molar-refractivity contribution in [3.05, 3.63) is 59.2 Å². The zero-order valence-corrected chi connectivity index (χ0v) is 13.2. The van der Waals surface area contributed by atoms with Crippen LogP contribution in [-0.4, -0.2) is 0 Å². The van der Waals surface area contributed by atoms with Gasteiger partial charge in [0.05, 0.1) is 0 Å². The van der Waals surface area contributed by atoms with E-state index in [2.05, 4.69) is 19.1 Å². The van der Waals surface area contributed by atoms with Crippen LogP contribution in [0.3, 0.4) is 0 Å². The van der Waals surface area contributed by atoms with Crippen LogP contribution in [0.25, 0.3) is 11.1 Å². The van der Waals surface area contributed by atoms with Crippen LogP contribution in [-0.2, 0) is 0 Å². The summed E-state index contributed by atoms with van der Waals surface area (Å²) in [6.07, 6.45) is 5.02. The molecular formula is C20H22F2. The van der Waals surface area contributed by atoms with Crippen molar-refractivity contribution in [1.82, 2.24) is 0 Å². The molecule has 2 aromatic rings. The number of aryl methyl sites for hydroxylation is 1. The molecule has 0 atom stereocenters. The summed E-state index contributed by atoms with van der Waals surface area (Å²) >= 11 is 0. The molecule has 3 rings (SSSR count). The van der Waals surface area contributed by atoms with Gasteiger partial charge in [-0.15, -0.1) is 0 Å². The van der Waals surface area contributed by atoms with E-state index in [0.29, 0.717) is 17.0 Å². The van der Waals surface area contributed by atoms with Crippen LogP contribution in [0.1, 0.15) is 49.7 Å². The third-order valence-corrected chi connectivity index (χ3v) is 4.98. The maximum atomic E-state index is 14.1. The van der Waals surface area contributed by atoms with Gasteiger partial charge in [0.1, 0.15) is 0 Å². The van der Waals surface area contributed by atoms with Crippen LogP contribution in [0.15, 0.2) is 36.4 Å². The van der Waals surface area contributed by atoms with Gasteiger partial charge in [0.2, 0.25) is 0 Å². The summed E-state index contributed by atoms with van der Waals surface area (Å²) in [5, 5.41) is 0. The van der Waals surface area contributed by atoms with Crippen molar-refractivity contribution < 1.29 is 8.78 Å². The molecule has 0 unspecified atom stereocenters. The number of hydrogen-bond acceptors (Lipinski definition) is 0. The molecule has 0 N–H and O–H groups in total. The van der Waals surface area contributed by atoms with Gasteiger partial charge in [-0.1, -0.05) is 56.2 Å². The molecule has 0 aliphatic heterocycles. The van der Waals surface area contributed by atoms with Gasteiger partial charge in [-0.05, 0) is 48.3 Å². The molecule has 116 valence electrons. The van der Waals surface area contributed by atoms with E-state index in [1.807, 2.05) is 12.1 Å². The Labute approximate surface area is 131 Å². The topological polar surface area (TPSA) is 0 Å². The minimum atomic E-state index is -0.751. The number of halogens is 2. The molecule has 2 aromatic carbocycles. The third kappa shape index (κ3) is 2.92. The van der Waals surface area contributed by atoms with Crippen LogP contribution >= 0.6 is 0 Å². The van der Waals surface area contributed by atoms with Gasteiger partial charge in [-0.25, -0.2) is 8.78 Å². The standard InChI is InChI=1S/C20H22F2/c1-13-3-6-15(7-4-13)16-8-10-17(11-9-16)18-12-5-14(2)19(21)20(18)22/h5,8-13,15H,3-4,6-7H2,1-2H3. The monoisotopic (exact) mass is 300 g/mol. The molecule has 0 bridgehead atoms. The Bertz CT molecular complexity index is 650. The molecule has 1 aliphatic rings. The van der Waals surface area contributed by atoms with Crippen molar-refractivity contribution in [3.8, 4) is 11.1 Å². The summed E-state index contributed by atoms with van der Waals surface area (Å²) in [4.78, 5) is 0. The van der Waals surface area contributed by atoms with E-state index in [1.165, 1.54) is 31.2 Å². The lowest BCUT2D eigenvalue weighted by Crippen LogP contribution is -2.10. The maximum absolute atomic E-state index is 14.1. The lowest BCUT2D eigenvalue weighted by molar-refractivity contribution is 0.348. The average Bonchev–Trinajstić information content (AvgIpc) is 2.54. The SMILES string of the molecule is Cc1ccc(-c2ccc(C3CCC(C)CC3)cc2)c(F)c1F. The van der Waals surface area contributed by atoms with E-state index < -0.39 is 11.6 Å². The first kappa shape index (κ1) is 15.2. The second-order valence-electron chi connectivity index (χ2n) is 6.64. The number of rotatable bonds is 2. The van der Waals surface area contributed by atoms with Crippen LogP contribution in [0.5, 0.6) is 0 Å². The molecule has 1 aliphatic carbocycles. The average molecular weight is 300 g/mol. The predicted molar refractivity (Wildman–Crippen MR) is 86.9 cm³/mol. The van der Waals surface area contributed by atoms with Gasteiger partial charge in [-0.3, -0.25) is 0 Å². The Balaban J connectivity index is 1.84. The van der Waals surface area contributed by atoms with E-state index in [9.17, 15) is 8.78 Å². The largest absolute Gasteiger partial charge is 0.203 e. The van der Waals surface area contributed by atoms with Crippen molar-refractivity contribution in [2.24, 2.45) is 5.92 Å². The molecule has 0 spiro atoms. The molecule has 1 saturated carbocycles. The summed E-state index contributed by atoms with van der Waals surface area (Å²) in [5.41, 5.74) is 2.74. The van der Waals surface area contributed by atoms with Gasteiger partial charge >= 0.3 is 0 Å². The second-order valence-corrected chi connectivity index (χ2v) is 6.64. The maximum Gasteiger partial charge on any atom is 0.166 e. The van der Waals surface area contributed by atoms with Crippen LogP contribution < -0.4 is 0 Å². The highest BCUT2D eigenvalue weighted by Gasteiger charge is 2.20. The Morgan fingerprint density at radius 1 is 0.818 bits per heavy atom. The lowest BCUT2D eigenvalue weighted by atomic mass is 9.79. The Morgan fingerprint density at radius 3 is 2.09 bits per heavy atom. The quantitative estimate of drug-likeness (QED) is 0.616. The second kappa shape index (κ2) is 6.20. The van der Waals surface area contributed by atoms with Crippen LogP contribution in [0.4, 0.5) is 8.78 Å². The number of benzene rings is 2. The Hall–Kier alpha value is -1.70. The molecule has 2 heteroatoms. The highest BCUT2D eigenvalue weighted by Crippen LogP contribution is 2.36. The predicted octanol–water partition coefficient (Wildman–Crippen LogP) is 6.23. The van der Waals surface area contributed by atoms with Crippen molar-refractivity contribution in [3.63, 3.8) is 0 Å². The highest BCUT2D eigenvalue weighted by molar-refractivity contribution is 5.65. The van der Waals surface area contributed by atoms with Crippen molar-refractivity contribution in [2.75, 3.05) is 0 Å². The van der Waals surface area contributed by atoms with Crippen molar-refractivity contribution >= 4 is 0 Å². The normalized spacial score (nSPS) is 21.8. The van der Waals surface area contributed by atoms with Gasteiger partial charge in [0, 0.05) is 5.56 Å². The summed E-state index contributed by atoms with van der Waals surface area (Å²) < 4.78 is 27.8. The van der Waals surface area contributed by atoms with Crippen molar-refractivity contribution in [1.29, 1.82) is 0 Å². The van der Waals surface area contributed by atoms with Crippen LogP contribution in [0.2, 0.25) is 0 Å². The van der Waals surface area contributed by atoms with Gasteiger partial charge in [0.25, 0.3) is 0 Å². The Morgan fingerprint density at radius 2 is 1.45 bits per heavy atom. The zero-order valence-electron chi connectivity index (χ0n) is 13.2. The van der Waals surface area contributed by atoms with E-state index in [0.717, 1.165) is 11.5 Å². The number of hydrogen-bond donors (Lipinski definition) is 0. The van der Waals surface area contributed by atoms with E-state index in [1.54, 1.807) is 19.1 Å². The van der Waals surface area contributed by atoms with Gasteiger partial charge in [0.15, 0.2) is 11.6 Å². The first-order valence-corrected chi connectivity index (χ1v) is 8.11. The molecule has 22 heavy (non-hydrogen) atoms. The third-order valence-electron chi connectivity index (χ3n) is 4.98. The summed E-state index contributed by atoms with van der Waals surface area (Å²) in [7, 11) is 0. The summed E-state index contributed by atoms with van der Waals surface area (Å²) in [6.45, 7) is 3.89. The summed E-state index contributed by atoms with van der Waals surface area (Å²) in [5.74, 6) is -0.0490. The van der Waals surface area contributed by atoms with Crippen LogP contribution in [0, 0.1) is 24.5 Å². The highest BCUT2D eigenvalue weighted by atomic mass is 19.2. The molecule has 0 amide bonds. The van der Waals surface area contributed by atoms with Crippen molar-refractivity contribution in [2.45, 2.75) is 45.4 Å². The fourth-order valence-corrected chi connectivity index (χ4v) is 3.40. The zero-order chi connectivity index (χ0) is 15.7. The first-order chi connectivity index (χ1) is 10.6. The Kier molecular flexibility index (Phi) is 4.28. The minimum Gasteiger partial charge on any atom is -0.203 e. The van der Waals surface area contributed by atoms with Gasteiger partial charge < -0.3 is 0 Å². The van der Waals surface area contributed by atoms with Gasteiger partial charge in [-0.2, -0.15) is 0 Å². The molecule has 0 heterocycles. The smallest absolute Gasteiger partial charge is 0.166 e. The lowest BCUT2D eigenvalue weighted by Gasteiger charge is -2.26. The summed E-state index contributed by atoms with van der Waals surface area (Å²) in [6, 6.07) is 11.3. The first-order valence-electron chi connectivity index (χ1n) is 8.11. The molecule has 1 fully saturated rings. The molecule has 0 saturated heterocycles. The molecular weight excluding hydrogens is 278 g/mol. The fraction of sp³-hybridized carbons (Fsp3) is 0.400. The molecule has 0 radical (unpaired) electrons. The fourth-order valence-electron chi connectivity index (χ4n) is 3.40. The molecule has 0 nitrogen and oxygen atoms in total. The molecule has 0 aromatic heterocycles.